The molecule has 2 aliphatic rings. The highest BCUT2D eigenvalue weighted by Crippen LogP contribution is 2.40. The summed E-state index contributed by atoms with van der Waals surface area (Å²) >= 11 is 1.77. The van der Waals surface area contributed by atoms with E-state index in [1.165, 1.54) is 18.5 Å². The zero-order chi connectivity index (χ0) is 16.5. The molecule has 0 aliphatic carbocycles. The molecule has 3 atom stereocenters. The van der Waals surface area contributed by atoms with Crippen LogP contribution in [0.2, 0.25) is 0 Å². The second-order valence-electron chi connectivity index (χ2n) is 6.99. The van der Waals surface area contributed by atoms with Gasteiger partial charge in [0, 0.05) is 33.4 Å². The Hall–Kier alpha value is -1.50. The Bertz CT molecular complexity index is 675. The summed E-state index contributed by atoms with van der Waals surface area (Å²) in [5, 5.41) is 4.40. The van der Waals surface area contributed by atoms with Crippen molar-refractivity contribution >= 4 is 17.3 Å². The predicted molar refractivity (Wildman–Crippen MR) is 96.3 cm³/mol. The Morgan fingerprint density at radius 3 is 3.08 bits per heavy atom. The Morgan fingerprint density at radius 2 is 2.29 bits per heavy atom. The van der Waals surface area contributed by atoms with E-state index in [9.17, 15) is 0 Å². The third-order valence-electron chi connectivity index (χ3n) is 5.02. The first kappa shape index (κ1) is 16.0. The van der Waals surface area contributed by atoms with Crippen molar-refractivity contribution in [3.63, 3.8) is 0 Å². The largest absolute Gasteiger partial charge is 0.367 e. The lowest BCUT2D eigenvalue weighted by molar-refractivity contribution is -0.0106. The first-order valence-corrected chi connectivity index (χ1v) is 9.52. The van der Waals surface area contributed by atoms with Crippen molar-refractivity contribution in [2.45, 2.75) is 31.6 Å². The summed E-state index contributed by atoms with van der Waals surface area (Å²) in [4.78, 5) is 13.4. The average Bonchev–Trinajstić information content (AvgIpc) is 3.24. The Balaban J connectivity index is 1.41. The fourth-order valence-corrected chi connectivity index (χ4v) is 4.39. The molecule has 0 spiro atoms. The van der Waals surface area contributed by atoms with Gasteiger partial charge in [0.15, 0.2) is 0 Å². The summed E-state index contributed by atoms with van der Waals surface area (Å²) in [5.41, 5.74) is 2.44. The van der Waals surface area contributed by atoms with Crippen LogP contribution in [0, 0.1) is 5.92 Å². The molecule has 24 heavy (non-hydrogen) atoms. The Labute approximate surface area is 147 Å². The Morgan fingerprint density at radius 1 is 1.38 bits per heavy atom. The molecule has 4 rings (SSSR count). The van der Waals surface area contributed by atoms with Crippen LogP contribution in [0.1, 0.15) is 30.2 Å². The number of anilines is 1. The maximum absolute atomic E-state index is 6.39. The summed E-state index contributed by atoms with van der Waals surface area (Å²) in [7, 11) is 3.94. The molecule has 2 aromatic heterocycles. The molecule has 2 fully saturated rings. The molecule has 0 radical (unpaired) electrons. The van der Waals surface area contributed by atoms with Gasteiger partial charge in [0.1, 0.15) is 6.10 Å². The minimum atomic E-state index is 0.114. The van der Waals surface area contributed by atoms with Crippen molar-refractivity contribution in [3.8, 4) is 0 Å². The zero-order valence-electron chi connectivity index (χ0n) is 14.3. The van der Waals surface area contributed by atoms with E-state index < -0.39 is 0 Å². The smallest absolute Gasteiger partial charge is 0.225 e. The standard InChI is InChI=1S/C18H24N4OS/c1-21(2)18-19-6-3-15(20-18)16-9-14-4-7-22(11-17(14)23-16)10-13-5-8-24-12-13/h3,5-6,8,12,14,16-17H,4,7,9-11H2,1-2H3/t14-,16-,17+/m0/s1. The second kappa shape index (κ2) is 6.78. The van der Waals surface area contributed by atoms with Crippen molar-refractivity contribution in [2.75, 3.05) is 32.1 Å². The number of ether oxygens (including phenoxy) is 1. The van der Waals surface area contributed by atoms with Crippen LogP contribution in [0.3, 0.4) is 0 Å². The number of piperidine rings is 1. The fraction of sp³-hybridized carbons (Fsp3) is 0.556. The highest BCUT2D eigenvalue weighted by Gasteiger charge is 2.40. The van der Waals surface area contributed by atoms with E-state index in [4.69, 9.17) is 4.74 Å². The van der Waals surface area contributed by atoms with Gasteiger partial charge in [-0.25, -0.2) is 9.97 Å². The second-order valence-corrected chi connectivity index (χ2v) is 7.77. The van der Waals surface area contributed by atoms with Gasteiger partial charge in [-0.1, -0.05) is 0 Å². The maximum Gasteiger partial charge on any atom is 0.225 e. The molecular weight excluding hydrogens is 320 g/mol. The van der Waals surface area contributed by atoms with Crippen molar-refractivity contribution < 1.29 is 4.74 Å². The highest BCUT2D eigenvalue weighted by molar-refractivity contribution is 7.07. The molecule has 128 valence electrons. The quantitative estimate of drug-likeness (QED) is 0.853. The number of likely N-dealkylation sites (tertiary alicyclic amines) is 1. The normalized spacial score (nSPS) is 27.2. The summed E-state index contributed by atoms with van der Waals surface area (Å²) in [5.74, 6) is 1.41. The minimum Gasteiger partial charge on any atom is -0.367 e. The van der Waals surface area contributed by atoms with E-state index in [-0.39, 0.29) is 6.10 Å². The van der Waals surface area contributed by atoms with Gasteiger partial charge < -0.3 is 9.64 Å². The van der Waals surface area contributed by atoms with Crippen molar-refractivity contribution in [1.82, 2.24) is 14.9 Å². The zero-order valence-corrected chi connectivity index (χ0v) is 15.1. The minimum absolute atomic E-state index is 0.114. The molecule has 0 amide bonds. The molecule has 0 bridgehead atoms. The molecule has 2 aliphatic heterocycles. The SMILES string of the molecule is CN(C)c1nccc([C@@H]2C[C@@H]3CCN(Cc4ccsc4)C[C@H]3O2)n1. The van der Waals surface area contributed by atoms with Crippen LogP contribution in [0.25, 0.3) is 0 Å². The molecular formula is C18H24N4OS. The molecule has 4 heterocycles. The van der Waals surface area contributed by atoms with Gasteiger partial charge in [0.05, 0.1) is 11.8 Å². The lowest BCUT2D eigenvalue weighted by Gasteiger charge is -2.33. The molecule has 2 aromatic rings. The number of hydrogen-bond donors (Lipinski definition) is 0. The van der Waals surface area contributed by atoms with Crippen molar-refractivity contribution in [2.24, 2.45) is 5.92 Å². The summed E-state index contributed by atoms with van der Waals surface area (Å²) in [6.07, 6.45) is 4.59. The fourth-order valence-electron chi connectivity index (χ4n) is 3.73. The molecule has 6 heteroatoms. The Kier molecular flexibility index (Phi) is 4.52. The van der Waals surface area contributed by atoms with Gasteiger partial charge in [-0.05, 0) is 53.8 Å². The molecule has 0 saturated carbocycles. The number of hydrogen-bond acceptors (Lipinski definition) is 6. The third-order valence-corrected chi connectivity index (χ3v) is 5.75. The molecule has 0 N–H and O–H groups in total. The van der Waals surface area contributed by atoms with E-state index in [0.717, 1.165) is 31.2 Å². The maximum atomic E-state index is 6.39. The van der Waals surface area contributed by atoms with Gasteiger partial charge in [0.25, 0.3) is 0 Å². The summed E-state index contributed by atoms with van der Waals surface area (Å²) in [6.45, 7) is 3.24. The number of nitrogens with zero attached hydrogens (tertiary/aromatic N) is 4. The van der Waals surface area contributed by atoms with Crippen molar-refractivity contribution in [3.05, 3.63) is 40.3 Å². The van der Waals surface area contributed by atoms with E-state index in [0.29, 0.717) is 12.0 Å². The molecule has 2 saturated heterocycles. The van der Waals surface area contributed by atoms with E-state index in [1.54, 1.807) is 11.3 Å². The van der Waals surface area contributed by atoms with E-state index >= 15 is 0 Å². The average molecular weight is 344 g/mol. The molecule has 0 unspecified atom stereocenters. The lowest BCUT2D eigenvalue weighted by atomic mass is 9.91. The highest BCUT2D eigenvalue weighted by atomic mass is 32.1. The number of thiophene rings is 1. The summed E-state index contributed by atoms with van der Waals surface area (Å²) in [6, 6.07) is 4.22. The van der Waals surface area contributed by atoms with Gasteiger partial charge in [-0.3, -0.25) is 4.90 Å². The van der Waals surface area contributed by atoms with Gasteiger partial charge in [0.2, 0.25) is 5.95 Å². The monoisotopic (exact) mass is 344 g/mol. The van der Waals surface area contributed by atoms with Crippen LogP contribution in [-0.2, 0) is 11.3 Å². The topological polar surface area (TPSA) is 41.5 Å². The van der Waals surface area contributed by atoms with Crippen LogP contribution in [-0.4, -0.2) is 48.2 Å². The number of aromatic nitrogens is 2. The first-order valence-electron chi connectivity index (χ1n) is 8.58. The van der Waals surface area contributed by atoms with E-state index in [2.05, 4.69) is 31.7 Å². The predicted octanol–water partition coefficient (Wildman–Crippen LogP) is 2.96. The van der Waals surface area contributed by atoms with Gasteiger partial charge in [-0.2, -0.15) is 11.3 Å². The molecule has 0 aromatic carbocycles. The van der Waals surface area contributed by atoms with Crippen LogP contribution in [0.15, 0.2) is 29.1 Å². The lowest BCUT2D eigenvalue weighted by Crippen LogP contribution is -2.41. The molecule has 5 nitrogen and oxygen atoms in total. The van der Waals surface area contributed by atoms with Gasteiger partial charge >= 0.3 is 0 Å². The summed E-state index contributed by atoms with van der Waals surface area (Å²) < 4.78 is 6.39. The van der Waals surface area contributed by atoms with Crippen LogP contribution >= 0.6 is 11.3 Å². The number of rotatable bonds is 4. The van der Waals surface area contributed by atoms with Crippen LogP contribution in [0.5, 0.6) is 0 Å². The van der Waals surface area contributed by atoms with Crippen LogP contribution in [0.4, 0.5) is 5.95 Å². The number of fused-ring (bicyclic) bond motifs is 1. The van der Waals surface area contributed by atoms with Crippen molar-refractivity contribution in [1.29, 1.82) is 0 Å². The third kappa shape index (κ3) is 3.31. The first-order chi connectivity index (χ1) is 11.7. The van der Waals surface area contributed by atoms with Gasteiger partial charge in [-0.15, -0.1) is 0 Å². The van der Waals surface area contributed by atoms with Crippen LogP contribution < -0.4 is 4.90 Å². The van der Waals surface area contributed by atoms with E-state index in [1.807, 2.05) is 31.3 Å².